The summed E-state index contributed by atoms with van der Waals surface area (Å²) in [5.41, 5.74) is -0.630. The quantitative estimate of drug-likeness (QED) is 0.225. The number of alkyl halides is 1. The highest BCUT2D eigenvalue weighted by Gasteiger charge is 2.07. The van der Waals surface area contributed by atoms with Crippen LogP contribution in [0.25, 0.3) is 0 Å². The highest BCUT2D eigenvalue weighted by atomic mass is 35.5. The lowest BCUT2D eigenvalue weighted by Crippen LogP contribution is -2.21. The molecule has 0 saturated carbocycles. The molecule has 2 atom stereocenters. The second-order valence-corrected chi connectivity index (χ2v) is 6.82. The van der Waals surface area contributed by atoms with E-state index in [0.717, 1.165) is 19.3 Å². The van der Waals surface area contributed by atoms with Crippen molar-refractivity contribution in [2.24, 2.45) is 0 Å². The monoisotopic (exact) mass is 382 g/mol. The number of carbonyl (C=O) groups excluding carboxylic acids is 1. The fourth-order valence-corrected chi connectivity index (χ4v) is 2.35. The van der Waals surface area contributed by atoms with Gasteiger partial charge in [0.2, 0.25) is 0 Å². The van der Waals surface area contributed by atoms with Crippen molar-refractivity contribution in [1.29, 1.82) is 0 Å². The van der Waals surface area contributed by atoms with Crippen molar-refractivity contribution >= 4 is 17.6 Å². The molecule has 0 spiro atoms. The van der Waals surface area contributed by atoms with Gasteiger partial charge < -0.3 is 20.1 Å². The van der Waals surface area contributed by atoms with Crippen molar-refractivity contribution in [2.45, 2.75) is 103 Å². The molecule has 0 aromatic carbocycles. The molecule has 0 aromatic rings. The predicted octanol–water partition coefficient (Wildman–Crippen LogP) is 4.15. The molecule has 3 N–H and O–H groups in total. The number of unbranched alkanes of at least 4 members (excludes halogenated alkanes) is 8. The average molecular weight is 383 g/mol. The molecule has 0 aromatic heterocycles. The highest BCUT2D eigenvalue weighted by molar-refractivity contribution is 6.19. The third-order valence-electron chi connectivity index (χ3n) is 3.66. The van der Waals surface area contributed by atoms with E-state index in [-0.39, 0.29) is 19.2 Å². The zero-order chi connectivity index (χ0) is 19.3. The fourth-order valence-electron chi connectivity index (χ4n) is 2.13. The topological polar surface area (TPSA) is 87.0 Å². The first kappa shape index (κ1) is 26.9. The lowest BCUT2D eigenvalue weighted by atomic mass is 10.1. The Morgan fingerprint density at radius 3 is 1.84 bits per heavy atom. The second kappa shape index (κ2) is 21.7. The highest BCUT2D eigenvalue weighted by Crippen LogP contribution is 2.10. The zero-order valence-corrected chi connectivity index (χ0v) is 16.8. The number of aliphatic hydroxyl groups excluding tert-OH is 3. The molecule has 0 heterocycles. The van der Waals surface area contributed by atoms with E-state index in [9.17, 15) is 4.79 Å². The Labute approximate surface area is 158 Å². The first-order valence-corrected chi connectivity index (χ1v) is 10.2. The number of rotatable bonds is 15. The number of hydrogen-bond acceptors (Lipinski definition) is 5. The number of ether oxygens (including phenoxy) is 1. The zero-order valence-electron chi connectivity index (χ0n) is 16.1. The number of aliphatic hydroxyl groups is 3. The second-order valence-electron chi connectivity index (χ2n) is 6.32. The summed E-state index contributed by atoms with van der Waals surface area (Å²) in [6.07, 6.45) is 12.0. The van der Waals surface area contributed by atoms with Gasteiger partial charge in [-0.3, -0.25) is 4.79 Å². The Kier molecular flexibility index (Phi) is 23.3. The molecule has 0 fully saturated rings. The molecule has 5 nitrogen and oxygen atoms in total. The Bertz CT molecular complexity index is 275. The molecule has 152 valence electrons. The van der Waals surface area contributed by atoms with Gasteiger partial charge in [-0.15, -0.1) is 0 Å². The molecular weight excluding hydrogens is 344 g/mol. The van der Waals surface area contributed by atoms with Gasteiger partial charge in [-0.25, -0.2) is 0 Å². The van der Waals surface area contributed by atoms with E-state index in [4.69, 9.17) is 31.7 Å². The third kappa shape index (κ3) is 26.0. The van der Waals surface area contributed by atoms with Crippen LogP contribution in [0.1, 0.15) is 90.9 Å². The molecule has 0 aliphatic rings. The first-order valence-electron chi connectivity index (χ1n) is 9.74. The smallest absolute Gasteiger partial charge is 0.305 e. The van der Waals surface area contributed by atoms with Crippen LogP contribution in [0, 0.1) is 0 Å². The predicted molar refractivity (Wildman–Crippen MR) is 103 cm³/mol. The Morgan fingerprint density at radius 2 is 1.44 bits per heavy atom. The normalized spacial score (nSPS) is 12.9. The van der Waals surface area contributed by atoms with Gasteiger partial charge in [-0.1, -0.05) is 83.2 Å². The SMILES string of the molecule is CCCC(O)Cl.CCCCCCCCCCCC(=O)OCC(O)CO. The van der Waals surface area contributed by atoms with Crippen LogP contribution in [0.4, 0.5) is 0 Å². The van der Waals surface area contributed by atoms with E-state index < -0.39 is 11.7 Å². The molecule has 0 aliphatic carbocycles. The van der Waals surface area contributed by atoms with Crippen LogP contribution in [0.15, 0.2) is 0 Å². The molecule has 25 heavy (non-hydrogen) atoms. The minimum atomic E-state index is -0.952. The molecule has 0 radical (unpaired) electrons. The van der Waals surface area contributed by atoms with E-state index in [1.807, 2.05) is 6.92 Å². The maximum atomic E-state index is 11.3. The fraction of sp³-hybridized carbons (Fsp3) is 0.947. The van der Waals surface area contributed by atoms with E-state index in [2.05, 4.69) is 6.92 Å². The van der Waals surface area contributed by atoms with Crippen molar-refractivity contribution < 1.29 is 24.9 Å². The summed E-state index contributed by atoms with van der Waals surface area (Å²) in [4.78, 5) is 11.3. The van der Waals surface area contributed by atoms with Gasteiger partial charge in [-0.05, 0) is 12.8 Å². The number of carbonyl (C=O) groups is 1. The lowest BCUT2D eigenvalue weighted by molar-refractivity contribution is -0.147. The average Bonchev–Trinajstić information content (AvgIpc) is 2.58. The molecule has 0 saturated heterocycles. The van der Waals surface area contributed by atoms with E-state index in [1.54, 1.807) is 0 Å². The van der Waals surface area contributed by atoms with Crippen LogP contribution in [0.5, 0.6) is 0 Å². The maximum absolute atomic E-state index is 11.3. The van der Waals surface area contributed by atoms with Crippen molar-refractivity contribution in [3.05, 3.63) is 0 Å². The standard InChI is InChI=1S/C15H30O4.C4H9ClO/c1-2-3-4-5-6-7-8-9-10-11-15(18)19-13-14(17)12-16;1-2-3-4(5)6/h14,16-17H,2-13H2,1H3;4,6H,2-3H2,1H3. The number of halogens is 1. The Balaban J connectivity index is 0. The van der Waals surface area contributed by atoms with Crippen LogP contribution in [-0.4, -0.2) is 46.2 Å². The van der Waals surface area contributed by atoms with Crippen molar-refractivity contribution in [3.8, 4) is 0 Å². The molecule has 0 aliphatic heterocycles. The minimum Gasteiger partial charge on any atom is -0.463 e. The molecule has 6 heteroatoms. The van der Waals surface area contributed by atoms with E-state index in [0.29, 0.717) is 12.8 Å². The maximum Gasteiger partial charge on any atom is 0.305 e. The summed E-state index contributed by atoms with van der Waals surface area (Å²) < 4.78 is 4.82. The minimum absolute atomic E-state index is 0.104. The van der Waals surface area contributed by atoms with Gasteiger partial charge in [0, 0.05) is 6.42 Å². The third-order valence-corrected chi connectivity index (χ3v) is 3.88. The molecule has 2 unspecified atom stereocenters. The van der Waals surface area contributed by atoms with Gasteiger partial charge in [-0.2, -0.15) is 0 Å². The van der Waals surface area contributed by atoms with Gasteiger partial charge >= 0.3 is 5.97 Å². The van der Waals surface area contributed by atoms with Crippen LogP contribution in [0.2, 0.25) is 0 Å². The van der Waals surface area contributed by atoms with Crippen LogP contribution in [-0.2, 0) is 9.53 Å². The largest absolute Gasteiger partial charge is 0.463 e. The Hall–Kier alpha value is -0.360. The van der Waals surface area contributed by atoms with Gasteiger partial charge in [0.15, 0.2) is 0 Å². The summed E-state index contributed by atoms with van der Waals surface area (Å²) in [5, 5.41) is 25.9. The van der Waals surface area contributed by atoms with Crippen LogP contribution in [0.3, 0.4) is 0 Å². The van der Waals surface area contributed by atoms with Crippen LogP contribution < -0.4 is 0 Å². The lowest BCUT2D eigenvalue weighted by Gasteiger charge is -2.08. The van der Waals surface area contributed by atoms with E-state index in [1.165, 1.54) is 44.9 Å². The van der Waals surface area contributed by atoms with Crippen molar-refractivity contribution in [3.63, 3.8) is 0 Å². The van der Waals surface area contributed by atoms with E-state index >= 15 is 0 Å². The number of esters is 1. The van der Waals surface area contributed by atoms with Gasteiger partial charge in [0.1, 0.15) is 18.3 Å². The summed E-state index contributed by atoms with van der Waals surface area (Å²) in [5.74, 6) is -0.282. The molecular formula is C19H39ClO5. The van der Waals surface area contributed by atoms with Crippen molar-refractivity contribution in [1.82, 2.24) is 0 Å². The summed E-state index contributed by atoms with van der Waals surface area (Å²) >= 11 is 5.13. The van der Waals surface area contributed by atoms with Crippen LogP contribution >= 0.6 is 11.6 Å². The Morgan fingerprint density at radius 1 is 0.920 bits per heavy atom. The van der Waals surface area contributed by atoms with Gasteiger partial charge in [0.25, 0.3) is 0 Å². The summed E-state index contributed by atoms with van der Waals surface area (Å²) in [6.45, 7) is 3.72. The molecule has 0 rings (SSSR count). The number of hydrogen-bond donors (Lipinski definition) is 3. The molecule has 0 amide bonds. The van der Waals surface area contributed by atoms with Gasteiger partial charge in [0.05, 0.1) is 6.61 Å². The first-order chi connectivity index (χ1) is 12.0. The summed E-state index contributed by atoms with van der Waals surface area (Å²) in [7, 11) is 0. The van der Waals surface area contributed by atoms with Crippen molar-refractivity contribution in [2.75, 3.05) is 13.2 Å². The summed E-state index contributed by atoms with van der Waals surface area (Å²) in [6, 6.07) is 0. The molecule has 0 bridgehead atoms.